The lowest BCUT2D eigenvalue weighted by Gasteiger charge is -2.19. The highest BCUT2D eigenvalue weighted by Gasteiger charge is 2.16. The lowest BCUT2D eigenvalue weighted by molar-refractivity contribution is -0.122. The third kappa shape index (κ3) is 3.64. The highest BCUT2D eigenvalue weighted by atomic mass is 35.5. The van der Waals surface area contributed by atoms with Gasteiger partial charge in [-0.05, 0) is 44.5 Å². The molecule has 1 amide bonds. The Hall–Kier alpha value is -1.81. The first-order chi connectivity index (χ1) is 10.0. The molecule has 4 nitrogen and oxygen atoms in total. The second kappa shape index (κ2) is 6.76. The molecule has 5 heteroatoms. The molecular formula is C16H20ClN3O. The molecule has 2 atom stereocenters. The monoisotopic (exact) mass is 305 g/mol. The molecule has 0 spiro atoms. The average Bonchev–Trinajstić information content (AvgIpc) is 2.50. The first-order valence-corrected chi connectivity index (χ1v) is 7.50. The lowest BCUT2D eigenvalue weighted by Crippen LogP contribution is -2.41. The summed E-state index contributed by atoms with van der Waals surface area (Å²) in [4.78, 5) is 16.5. The Morgan fingerprint density at radius 3 is 2.81 bits per heavy atom. The molecule has 0 saturated carbocycles. The summed E-state index contributed by atoms with van der Waals surface area (Å²) in [6, 6.07) is 7.25. The Morgan fingerprint density at radius 1 is 1.33 bits per heavy atom. The number of rotatable bonds is 5. The Kier molecular flexibility index (Phi) is 5.02. The fourth-order valence-corrected chi connectivity index (χ4v) is 2.24. The van der Waals surface area contributed by atoms with Crippen molar-refractivity contribution in [3.8, 4) is 0 Å². The highest BCUT2D eigenvalue weighted by molar-refractivity contribution is 6.35. The van der Waals surface area contributed by atoms with Gasteiger partial charge in [-0.3, -0.25) is 9.78 Å². The molecule has 0 aliphatic heterocycles. The normalized spacial score (nSPS) is 13.7. The highest BCUT2D eigenvalue weighted by Crippen LogP contribution is 2.28. The molecule has 1 aromatic carbocycles. The van der Waals surface area contributed by atoms with Gasteiger partial charge in [0.1, 0.15) is 6.04 Å². The summed E-state index contributed by atoms with van der Waals surface area (Å²) in [5, 5.41) is 7.70. The quantitative estimate of drug-likeness (QED) is 0.887. The van der Waals surface area contributed by atoms with E-state index in [0.29, 0.717) is 5.02 Å². The van der Waals surface area contributed by atoms with Crippen molar-refractivity contribution in [1.29, 1.82) is 0 Å². The second-order valence-corrected chi connectivity index (χ2v) is 5.59. The SMILES string of the molecule is CCC(C)NC(=O)C(C)Nc1ccc(Cl)c2cccnc12. The maximum absolute atomic E-state index is 12.1. The maximum atomic E-state index is 12.1. The van der Waals surface area contributed by atoms with E-state index in [1.54, 1.807) is 6.20 Å². The number of fused-ring (bicyclic) bond motifs is 1. The number of hydrogen-bond donors (Lipinski definition) is 2. The number of halogens is 1. The topological polar surface area (TPSA) is 54.0 Å². The molecule has 0 aliphatic carbocycles. The molecule has 21 heavy (non-hydrogen) atoms. The Balaban J connectivity index is 2.20. The van der Waals surface area contributed by atoms with Crippen LogP contribution < -0.4 is 10.6 Å². The van der Waals surface area contributed by atoms with E-state index in [-0.39, 0.29) is 18.0 Å². The molecule has 0 radical (unpaired) electrons. The first-order valence-electron chi connectivity index (χ1n) is 7.13. The number of aromatic nitrogens is 1. The predicted octanol–water partition coefficient (Wildman–Crippen LogP) is 3.60. The van der Waals surface area contributed by atoms with Crippen LogP contribution in [0.1, 0.15) is 27.2 Å². The van der Waals surface area contributed by atoms with Crippen LogP contribution in [-0.4, -0.2) is 23.0 Å². The Morgan fingerprint density at radius 2 is 2.10 bits per heavy atom. The van der Waals surface area contributed by atoms with Crippen LogP contribution in [0.5, 0.6) is 0 Å². The molecule has 2 rings (SSSR count). The third-order valence-electron chi connectivity index (χ3n) is 3.48. The van der Waals surface area contributed by atoms with Gasteiger partial charge in [-0.15, -0.1) is 0 Å². The number of nitrogens with zero attached hydrogens (tertiary/aromatic N) is 1. The zero-order valence-corrected chi connectivity index (χ0v) is 13.2. The van der Waals surface area contributed by atoms with E-state index in [9.17, 15) is 4.79 Å². The minimum Gasteiger partial charge on any atom is -0.372 e. The van der Waals surface area contributed by atoms with Gasteiger partial charge < -0.3 is 10.6 Å². The number of hydrogen-bond acceptors (Lipinski definition) is 3. The smallest absolute Gasteiger partial charge is 0.242 e. The number of benzene rings is 1. The summed E-state index contributed by atoms with van der Waals surface area (Å²) < 4.78 is 0. The Labute approximate surface area is 129 Å². The van der Waals surface area contributed by atoms with Crippen LogP contribution in [0.25, 0.3) is 10.9 Å². The van der Waals surface area contributed by atoms with Crippen molar-refractivity contribution in [3.63, 3.8) is 0 Å². The predicted molar refractivity (Wildman–Crippen MR) is 87.7 cm³/mol. The first kappa shape index (κ1) is 15.6. The van der Waals surface area contributed by atoms with Gasteiger partial charge in [0.05, 0.1) is 16.2 Å². The Bertz CT molecular complexity index is 644. The van der Waals surface area contributed by atoms with Crippen molar-refractivity contribution < 1.29 is 4.79 Å². The molecule has 112 valence electrons. The summed E-state index contributed by atoms with van der Waals surface area (Å²) >= 11 is 6.17. The molecule has 1 aromatic heterocycles. The molecule has 0 aliphatic rings. The van der Waals surface area contributed by atoms with Crippen LogP contribution in [0.15, 0.2) is 30.5 Å². The van der Waals surface area contributed by atoms with Crippen LogP contribution in [-0.2, 0) is 4.79 Å². The van der Waals surface area contributed by atoms with E-state index < -0.39 is 0 Å². The zero-order chi connectivity index (χ0) is 15.4. The van der Waals surface area contributed by atoms with Gasteiger partial charge in [-0.2, -0.15) is 0 Å². The van der Waals surface area contributed by atoms with Gasteiger partial charge in [0.15, 0.2) is 0 Å². The van der Waals surface area contributed by atoms with Gasteiger partial charge >= 0.3 is 0 Å². The van der Waals surface area contributed by atoms with Crippen molar-refractivity contribution in [2.75, 3.05) is 5.32 Å². The van der Waals surface area contributed by atoms with Crippen molar-refractivity contribution >= 4 is 34.1 Å². The number of pyridine rings is 1. The fraction of sp³-hybridized carbons (Fsp3) is 0.375. The average molecular weight is 306 g/mol. The molecule has 1 heterocycles. The van der Waals surface area contributed by atoms with Gasteiger partial charge in [0.2, 0.25) is 5.91 Å². The largest absolute Gasteiger partial charge is 0.372 e. The van der Waals surface area contributed by atoms with Crippen LogP contribution in [0.4, 0.5) is 5.69 Å². The standard InChI is InChI=1S/C16H20ClN3O/c1-4-10(2)19-16(21)11(3)20-14-8-7-13(17)12-6-5-9-18-15(12)14/h5-11,20H,4H2,1-3H3,(H,19,21). The van der Waals surface area contributed by atoms with E-state index in [1.807, 2.05) is 45.0 Å². The summed E-state index contributed by atoms with van der Waals surface area (Å²) in [6.45, 7) is 5.87. The van der Waals surface area contributed by atoms with Crippen molar-refractivity contribution in [3.05, 3.63) is 35.5 Å². The van der Waals surface area contributed by atoms with Crippen LogP contribution in [0.3, 0.4) is 0 Å². The van der Waals surface area contributed by atoms with Crippen LogP contribution >= 0.6 is 11.6 Å². The summed E-state index contributed by atoms with van der Waals surface area (Å²) in [6.07, 6.45) is 2.62. The molecule has 0 bridgehead atoms. The van der Waals surface area contributed by atoms with E-state index in [4.69, 9.17) is 11.6 Å². The summed E-state index contributed by atoms with van der Waals surface area (Å²) in [7, 11) is 0. The van der Waals surface area contributed by atoms with E-state index >= 15 is 0 Å². The molecule has 2 N–H and O–H groups in total. The van der Waals surface area contributed by atoms with Crippen LogP contribution in [0.2, 0.25) is 5.02 Å². The van der Waals surface area contributed by atoms with E-state index in [0.717, 1.165) is 23.0 Å². The van der Waals surface area contributed by atoms with Crippen molar-refractivity contribution in [2.45, 2.75) is 39.3 Å². The minimum absolute atomic E-state index is 0.0246. The number of amides is 1. The zero-order valence-electron chi connectivity index (χ0n) is 12.5. The molecule has 0 fully saturated rings. The minimum atomic E-state index is -0.342. The van der Waals surface area contributed by atoms with Crippen molar-refractivity contribution in [1.82, 2.24) is 10.3 Å². The molecule has 2 unspecified atom stereocenters. The van der Waals surface area contributed by atoms with Gasteiger partial charge in [-0.25, -0.2) is 0 Å². The summed E-state index contributed by atoms with van der Waals surface area (Å²) in [5.41, 5.74) is 1.58. The molecule has 2 aromatic rings. The number of carbonyl (C=O) groups is 1. The maximum Gasteiger partial charge on any atom is 0.242 e. The summed E-state index contributed by atoms with van der Waals surface area (Å²) in [5.74, 6) is -0.0246. The third-order valence-corrected chi connectivity index (χ3v) is 3.81. The number of anilines is 1. The second-order valence-electron chi connectivity index (χ2n) is 5.18. The van der Waals surface area contributed by atoms with E-state index in [2.05, 4.69) is 15.6 Å². The number of carbonyl (C=O) groups excluding carboxylic acids is 1. The number of nitrogens with one attached hydrogen (secondary N) is 2. The van der Waals surface area contributed by atoms with Crippen molar-refractivity contribution in [2.24, 2.45) is 0 Å². The van der Waals surface area contributed by atoms with E-state index in [1.165, 1.54) is 0 Å². The van der Waals surface area contributed by atoms with Crippen LogP contribution in [0, 0.1) is 0 Å². The lowest BCUT2D eigenvalue weighted by atomic mass is 10.1. The molecular weight excluding hydrogens is 286 g/mol. The van der Waals surface area contributed by atoms with Gasteiger partial charge in [0, 0.05) is 17.6 Å². The molecule has 0 saturated heterocycles. The van der Waals surface area contributed by atoms with Gasteiger partial charge in [-0.1, -0.05) is 18.5 Å². The fourth-order valence-electron chi connectivity index (χ4n) is 2.02. The van der Waals surface area contributed by atoms with Gasteiger partial charge in [0.25, 0.3) is 0 Å².